The molecule has 0 atom stereocenters. The Morgan fingerprint density at radius 2 is 1.61 bits per heavy atom. The van der Waals surface area contributed by atoms with E-state index >= 15 is 0 Å². The van der Waals surface area contributed by atoms with Gasteiger partial charge in [0.15, 0.2) is 0 Å². The van der Waals surface area contributed by atoms with Crippen molar-refractivity contribution in [3.05, 3.63) is 94.5 Å². The van der Waals surface area contributed by atoms with Crippen LogP contribution in [0.3, 0.4) is 0 Å². The highest BCUT2D eigenvalue weighted by Gasteiger charge is 2.18. The van der Waals surface area contributed by atoms with Crippen LogP contribution in [0, 0.1) is 0 Å². The van der Waals surface area contributed by atoms with Gasteiger partial charge >= 0.3 is 0 Å². The van der Waals surface area contributed by atoms with Crippen molar-refractivity contribution in [2.75, 3.05) is 18.8 Å². The fraction of sp³-hybridized carbons (Fsp3) is 0.174. The third kappa shape index (κ3) is 6.07. The Hall–Kier alpha value is -2.87. The number of carbonyl (C=O) groups excluding carboxylic acids is 1. The van der Waals surface area contributed by atoms with Gasteiger partial charge in [0.05, 0.1) is 15.6 Å². The molecular weight excluding hydrogens is 434 g/mol. The molecule has 0 aromatic heterocycles. The molecule has 3 aromatic carbocycles. The topological polar surface area (TPSA) is 78.5 Å². The number of hydrogen-bond acceptors (Lipinski definition) is 4. The number of sulfonamides is 1. The van der Waals surface area contributed by atoms with Gasteiger partial charge in [-0.1, -0.05) is 54.1 Å². The molecule has 0 radical (unpaired) electrons. The summed E-state index contributed by atoms with van der Waals surface area (Å²) >= 11 is 6.05. The van der Waals surface area contributed by atoms with E-state index in [1.807, 2.05) is 38.4 Å². The molecule has 162 valence electrons. The molecule has 3 aromatic rings. The maximum atomic E-state index is 12.7. The third-order valence-corrected chi connectivity index (χ3v) is 6.26. The first-order valence-electron chi connectivity index (χ1n) is 9.63. The largest absolute Gasteiger partial charge is 0.348 e. The number of nitrogens with one attached hydrogen (secondary N) is 2. The average molecular weight is 458 g/mol. The summed E-state index contributed by atoms with van der Waals surface area (Å²) in [6.07, 6.45) is 0. The normalized spacial score (nSPS) is 11.4. The Morgan fingerprint density at radius 3 is 2.32 bits per heavy atom. The molecule has 31 heavy (non-hydrogen) atoms. The number of hydrogen-bond donors (Lipinski definition) is 2. The van der Waals surface area contributed by atoms with Crippen LogP contribution in [-0.2, 0) is 23.1 Å². The van der Waals surface area contributed by atoms with Crippen molar-refractivity contribution < 1.29 is 13.2 Å². The van der Waals surface area contributed by atoms with E-state index in [9.17, 15) is 13.2 Å². The van der Waals surface area contributed by atoms with Crippen molar-refractivity contribution >= 4 is 33.2 Å². The van der Waals surface area contributed by atoms with Crippen LogP contribution < -0.4 is 10.0 Å². The molecule has 6 nitrogen and oxygen atoms in total. The van der Waals surface area contributed by atoms with E-state index in [1.54, 1.807) is 30.3 Å². The molecule has 3 rings (SSSR count). The number of amides is 1. The van der Waals surface area contributed by atoms with Crippen molar-refractivity contribution in [2.45, 2.75) is 18.0 Å². The minimum Gasteiger partial charge on any atom is -0.348 e. The maximum absolute atomic E-state index is 12.7. The maximum Gasteiger partial charge on any atom is 0.261 e. The van der Waals surface area contributed by atoms with Gasteiger partial charge in [-0.05, 0) is 55.6 Å². The summed E-state index contributed by atoms with van der Waals surface area (Å²) in [5.41, 5.74) is 2.66. The van der Waals surface area contributed by atoms with E-state index in [-0.39, 0.29) is 27.1 Å². The fourth-order valence-electron chi connectivity index (χ4n) is 3.05. The van der Waals surface area contributed by atoms with Crippen LogP contribution in [0.2, 0.25) is 5.02 Å². The van der Waals surface area contributed by atoms with Crippen molar-refractivity contribution in [1.29, 1.82) is 0 Å². The van der Waals surface area contributed by atoms with Gasteiger partial charge in [-0.2, -0.15) is 0 Å². The Morgan fingerprint density at radius 1 is 0.935 bits per heavy atom. The summed E-state index contributed by atoms with van der Waals surface area (Å²) in [6, 6.07) is 20.3. The van der Waals surface area contributed by atoms with Gasteiger partial charge in [-0.15, -0.1) is 0 Å². The van der Waals surface area contributed by atoms with Crippen LogP contribution in [0.15, 0.2) is 77.7 Å². The minimum absolute atomic E-state index is 0.0203. The number of rotatable bonds is 8. The van der Waals surface area contributed by atoms with Crippen molar-refractivity contribution in [3.63, 3.8) is 0 Å². The third-order valence-electron chi connectivity index (χ3n) is 4.57. The van der Waals surface area contributed by atoms with E-state index in [0.717, 1.165) is 17.7 Å². The Labute approximate surface area is 187 Å². The summed E-state index contributed by atoms with van der Waals surface area (Å²) in [6.45, 7) is 1.10. The summed E-state index contributed by atoms with van der Waals surface area (Å²) in [7, 11) is 0.0691. The van der Waals surface area contributed by atoms with Crippen LogP contribution in [0.1, 0.15) is 21.5 Å². The van der Waals surface area contributed by atoms with E-state index in [4.69, 9.17) is 11.6 Å². The molecule has 0 spiro atoms. The van der Waals surface area contributed by atoms with E-state index in [0.29, 0.717) is 6.54 Å². The molecule has 0 heterocycles. The second kappa shape index (κ2) is 9.96. The van der Waals surface area contributed by atoms with E-state index < -0.39 is 10.0 Å². The predicted octanol–water partition coefficient (Wildman–Crippen LogP) is 4.13. The predicted molar refractivity (Wildman–Crippen MR) is 124 cm³/mol. The lowest BCUT2D eigenvalue weighted by molar-refractivity contribution is 0.0950. The molecule has 2 N–H and O–H groups in total. The summed E-state index contributed by atoms with van der Waals surface area (Å²) in [5, 5.41) is 3.16. The molecule has 0 aliphatic heterocycles. The average Bonchev–Trinajstić information content (AvgIpc) is 2.74. The fourth-order valence-corrected chi connectivity index (χ4v) is 4.42. The zero-order valence-corrected chi connectivity index (χ0v) is 18.9. The van der Waals surface area contributed by atoms with Gasteiger partial charge < -0.3 is 10.2 Å². The van der Waals surface area contributed by atoms with Crippen LogP contribution in [0.5, 0.6) is 0 Å². The van der Waals surface area contributed by atoms with Gasteiger partial charge in [0.2, 0.25) is 0 Å². The van der Waals surface area contributed by atoms with E-state index in [2.05, 4.69) is 14.9 Å². The number of anilines is 1. The van der Waals surface area contributed by atoms with Crippen molar-refractivity contribution in [1.82, 2.24) is 10.2 Å². The monoisotopic (exact) mass is 457 g/mol. The molecule has 0 saturated heterocycles. The van der Waals surface area contributed by atoms with Gasteiger partial charge in [-0.3, -0.25) is 9.52 Å². The number of benzene rings is 3. The lowest BCUT2D eigenvalue weighted by Gasteiger charge is -2.15. The standard InChI is InChI=1S/C23H24ClN3O3S/c1-27(2)16-19-9-4-3-8-18(19)15-25-23(28)17-10-7-11-20(14-17)31(29,30)26-22-13-6-5-12-21(22)24/h3-14,26H,15-16H2,1-2H3,(H,25,28). The highest BCUT2D eigenvalue weighted by Crippen LogP contribution is 2.24. The second-order valence-corrected chi connectivity index (χ2v) is 9.39. The first-order valence-corrected chi connectivity index (χ1v) is 11.5. The SMILES string of the molecule is CN(C)Cc1ccccc1CNC(=O)c1cccc(S(=O)(=O)Nc2ccccc2Cl)c1. The molecule has 1 amide bonds. The lowest BCUT2D eigenvalue weighted by atomic mass is 10.1. The van der Waals surface area contributed by atoms with Crippen molar-refractivity contribution in [2.24, 2.45) is 0 Å². The highest BCUT2D eigenvalue weighted by molar-refractivity contribution is 7.92. The molecule has 0 bridgehead atoms. The Kier molecular flexibility index (Phi) is 7.33. The van der Waals surface area contributed by atoms with Gasteiger partial charge in [-0.25, -0.2) is 8.42 Å². The Balaban J connectivity index is 1.74. The highest BCUT2D eigenvalue weighted by atomic mass is 35.5. The van der Waals surface area contributed by atoms with Crippen LogP contribution in [0.4, 0.5) is 5.69 Å². The number of nitrogens with zero attached hydrogens (tertiary/aromatic N) is 1. The molecule has 0 aliphatic rings. The van der Waals surface area contributed by atoms with Crippen LogP contribution >= 0.6 is 11.6 Å². The summed E-state index contributed by atoms with van der Waals surface area (Å²) in [5.74, 6) is -0.352. The smallest absolute Gasteiger partial charge is 0.261 e. The molecule has 0 fully saturated rings. The Bertz CT molecular complexity index is 1180. The van der Waals surface area contributed by atoms with Gasteiger partial charge in [0.1, 0.15) is 0 Å². The quantitative estimate of drug-likeness (QED) is 0.533. The van der Waals surface area contributed by atoms with Crippen molar-refractivity contribution in [3.8, 4) is 0 Å². The van der Waals surface area contributed by atoms with Crippen LogP contribution in [0.25, 0.3) is 0 Å². The number of halogens is 1. The molecule has 0 aliphatic carbocycles. The van der Waals surface area contributed by atoms with Crippen LogP contribution in [-0.4, -0.2) is 33.3 Å². The minimum atomic E-state index is -3.90. The second-order valence-electron chi connectivity index (χ2n) is 7.30. The van der Waals surface area contributed by atoms with E-state index in [1.165, 1.54) is 18.2 Å². The number of carbonyl (C=O) groups is 1. The molecule has 0 unspecified atom stereocenters. The molecular formula is C23H24ClN3O3S. The summed E-state index contributed by atoms with van der Waals surface area (Å²) in [4.78, 5) is 14.7. The van der Waals surface area contributed by atoms with Gasteiger partial charge in [0, 0.05) is 18.7 Å². The lowest BCUT2D eigenvalue weighted by Crippen LogP contribution is -2.24. The molecule has 0 saturated carbocycles. The van der Waals surface area contributed by atoms with Gasteiger partial charge in [0.25, 0.3) is 15.9 Å². The molecule has 8 heteroatoms. The first-order chi connectivity index (χ1) is 14.8. The number of para-hydroxylation sites is 1. The summed E-state index contributed by atoms with van der Waals surface area (Å²) < 4.78 is 28.0. The first kappa shape index (κ1) is 22.8. The zero-order valence-electron chi connectivity index (χ0n) is 17.3. The zero-order chi connectivity index (χ0) is 22.4.